The second-order valence-corrected chi connectivity index (χ2v) is 7.30. The van der Waals surface area contributed by atoms with Crippen LogP contribution >= 0.6 is 0 Å². The Hall–Kier alpha value is -1.88. The van der Waals surface area contributed by atoms with E-state index in [1.165, 1.54) is 11.1 Å². The van der Waals surface area contributed by atoms with Crippen molar-refractivity contribution in [3.8, 4) is 0 Å². The molecule has 5 nitrogen and oxygen atoms in total. The Morgan fingerprint density at radius 3 is 2.42 bits per heavy atom. The van der Waals surface area contributed by atoms with E-state index in [2.05, 4.69) is 48.3 Å². The van der Waals surface area contributed by atoms with Crippen molar-refractivity contribution in [2.24, 2.45) is 5.92 Å². The number of hydrogen-bond acceptors (Lipinski definition) is 4. The topological polar surface area (TPSA) is 58.6 Å². The molecule has 1 saturated heterocycles. The van der Waals surface area contributed by atoms with Gasteiger partial charge in [-0.05, 0) is 56.3 Å². The second kappa shape index (κ2) is 10.3. The molecule has 1 amide bonds. The number of nitrogens with zero attached hydrogens (tertiary/aromatic N) is 1. The molecule has 2 rings (SSSR count). The SMILES string of the molecule is CCOC(=O)C1CCN(CC(=O)NCCc2ccc(C(C)C)cc2)CC1. The largest absolute Gasteiger partial charge is 0.466 e. The monoisotopic (exact) mass is 360 g/mol. The van der Waals surface area contributed by atoms with Crippen LogP contribution in [0.3, 0.4) is 0 Å². The van der Waals surface area contributed by atoms with Gasteiger partial charge in [0.2, 0.25) is 5.91 Å². The van der Waals surface area contributed by atoms with Gasteiger partial charge in [-0.3, -0.25) is 14.5 Å². The van der Waals surface area contributed by atoms with E-state index >= 15 is 0 Å². The lowest BCUT2D eigenvalue weighted by molar-refractivity contribution is -0.149. The smallest absolute Gasteiger partial charge is 0.309 e. The van der Waals surface area contributed by atoms with E-state index in [0.29, 0.717) is 25.6 Å². The highest BCUT2D eigenvalue weighted by Gasteiger charge is 2.26. The number of carbonyl (C=O) groups excluding carboxylic acids is 2. The van der Waals surface area contributed by atoms with Gasteiger partial charge in [-0.1, -0.05) is 38.1 Å². The van der Waals surface area contributed by atoms with Crippen molar-refractivity contribution < 1.29 is 14.3 Å². The molecule has 0 saturated carbocycles. The number of ether oxygens (including phenoxy) is 1. The van der Waals surface area contributed by atoms with E-state index in [1.54, 1.807) is 0 Å². The molecule has 0 atom stereocenters. The van der Waals surface area contributed by atoms with Gasteiger partial charge < -0.3 is 10.1 Å². The summed E-state index contributed by atoms with van der Waals surface area (Å²) in [7, 11) is 0. The number of benzene rings is 1. The van der Waals surface area contributed by atoms with E-state index in [0.717, 1.165) is 32.4 Å². The van der Waals surface area contributed by atoms with E-state index in [9.17, 15) is 9.59 Å². The summed E-state index contributed by atoms with van der Waals surface area (Å²) in [5.74, 6) is 0.485. The molecule has 1 aliphatic rings. The Bertz CT molecular complexity index is 575. The van der Waals surface area contributed by atoms with Gasteiger partial charge in [-0.25, -0.2) is 0 Å². The van der Waals surface area contributed by atoms with Crippen LogP contribution in [0.15, 0.2) is 24.3 Å². The predicted molar refractivity (Wildman–Crippen MR) is 103 cm³/mol. The van der Waals surface area contributed by atoms with Gasteiger partial charge in [0, 0.05) is 6.54 Å². The molecule has 0 aliphatic carbocycles. The van der Waals surface area contributed by atoms with Crippen LogP contribution in [0.25, 0.3) is 0 Å². The van der Waals surface area contributed by atoms with Crippen LogP contribution in [0.2, 0.25) is 0 Å². The number of esters is 1. The summed E-state index contributed by atoms with van der Waals surface area (Å²) in [5, 5.41) is 3.00. The zero-order valence-electron chi connectivity index (χ0n) is 16.3. The summed E-state index contributed by atoms with van der Waals surface area (Å²) < 4.78 is 5.08. The van der Waals surface area contributed by atoms with Crippen molar-refractivity contribution in [1.82, 2.24) is 10.2 Å². The van der Waals surface area contributed by atoms with E-state index < -0.39 is 0 Å². The average Bonchev–Trinajstić information content (AvgIpc) is 2.63. The van der Waals surface area contributed by atoms with Gasteiger partial charge in [-0.15, -0.1) is 0 Å². The first-order valence-corrected chi connectivity index (χ1v) is 9.74. The summed E-state index contributed by atoms with van der Waals surface area (Å²) >= 11 is 0. The minimum absolute atomic E-state index is 0.0110. The standard InChI is InChI=1S/C21H32N2O3/c1-4-26-21(25)19-10-13-23(14-11-19)15-20(24)22-12-9-17-5-7-18(8-6-17)16(2)3/h5-8,16,19H,4,9-15H2,1-3H3,(H,22,24). The Kier molecular flexibility index (Phi) is 8.10. The van der Waals surface area contributed by atoms with Crippen LogP contribution in [0.4, 0.5) is 0 Å². The number of nitrogens with one attached hydrogen (secondary N) is 1. The molecule has 0 bridgehead atoms. The van der Waals surface area contributed by atoms with E-state index in [4.69, 9.17) is 4.74 Å². The first-order valence-electron chi connectivity index (χ1n) is 9.74. The van der Waals surface area contributed by atoms with E-state index in [-0.39, 0.29) is 17.8 Å². The van der Waals surface area contributed by atoms with Crippen LogP contribution < -0.4 is 5.32 Å². The molecule has 0 aromatic heterocycles. The molecule has 1 N–H and O–H groups in total. The fourth-order valence-electron chi connectivity index (χ4n) is 3.26. The van der Waals surface area contributed by atoms with E-state index in [1.807, 2.05) is 6.92 Å². The second-order valence-electron chi connectivity index (χ2n) is 7.30. The molecule has 1 heterocycles. The van der Waals surface area contributed by atoms with Gasteiger partial charge >= 0.3 is 5.97 Å². The number of likely N-dealkylation sites (tertiary alicyclic amines) is 1. The zero-order chi connectivity index (χ0) is 18.9. The van der Waals surface area contributed by atoms with Crippen molar-refractivity contribution in [3.63, 3.8) is 0 Å². The lowest BCUT2D eigenvalue weighted by atomic mass is 9.97. The van der Waals surface area contributed by atoms with Crippen molar-refractivity contribution in [3.05, 3.63) is 35.4 Å². The third-order valence-electron chi connectivity index (χ3n) is 4.96. The zero-order valence-corrected chi connectivity index (χ0v) is 16.3. The van der Waals surface area contributed by atoms with Gasteiger partial charge in [0.25, 0.3) is 0 Å². The fourth-order valence-corrected chi connectivity index (χ4v) is 3.26. The molecule has 5 heteroatoms. The van der Waals surface area contributed by atoms with Crippen LogP contribution in [0.5, 0.6) is 0 Å². The summed E-state index contributed by atoms with van der Waals surface area (Å²) in [5.41, 5.74) is 2.58. The molecule has 26 heavy (non-hydrogen) atoms. The molecule has 0 spiro atoms. The maximum absolute atomic E-state index is 12.1. The maximum atomic E-state index is 12.1. The predicted octanol–water partition coefficient (Wildman–Crippen LogP) is 2.74. The van der Waals surface area contributed by atoms with Crippen LogP contribution in [0, 0.1) is 5.92 Å². The number of carbonyl (C=O) groups is 2. The number of hydrogen-bond donors (Lipinski definition) is 1. The van der Waals surface area contributed by atoms with Gasteiger partial charge in [0.1, 0.15) is 0 Å². The quantitative estimate of drug-likeness (QED) is 0.724. The fraction of sp³-hybridized carbons (Fsp3) is 0.619. The van der Waals surface area contributed by atoms with Gasteiger partial charge in [-0.2, -0.15) is 0 Å². The molecule has 1 aromatic rings. The highest BCUT2D eigenvalue weighted by atomic mass is 16.5. The molecule has 0 radical (unpaired) electrons. The van der Waals surface area contributed by atoms with Gasteiger partial charge in [0.05, 0.1) is 19.1 Å². The van der Waals surface area contributed by atoms with Gasteiger partial charge in [0.15, 0.2) is 0 Å². The molecule has 0 unspecified atom stereocenters. The summed E-state index contributed by atoms with van der Waals surface area (Å²) in [6.07, 6.45) is 2.39. The molecular formula is C21H32N2O3. The molecular weight excluding hydrogens is 328 g/mol. The minimum atomic E-state index is -0.0971. The molecule has 1 aromatic carbocycles. The number of rotatable bonds is 8. The molecule has 144 valence electrons. The molecule has 1 fully saturated rings. The lowest BCUT2D eigenvalue weighted by Gasteiger charge is -2.30. The molecule has 1 aliphatic heterocycles. The van der Waals surface area contributed by atoms with Crippen molar-refractivity contribution in [2.75, 3.05) is 32.8 Å². The van der Waals surface area contributed by atoms with Crippen LogP contribution in [-0.4, -0.2) is 49.6 Å². The summed E-state index contributed by atoms with van der Waals surface area (Å²) in [6, 6.07) is 8.61. The third kappa shape index (κ3) is 6.45. The Labute approximate surface area is 157 Å². The van der Waals surface area contributed by atoms with Crippen molar-refractivity contribution >= 4 is 11.9 Å². The minimum Gasteiger partial charge on any atom is -0.466 e. The van der Waals surface area contributed by atoms with Crippen molar-refractivity contribution in [2.45, 2.75) is 46.0 Å². The summed E-state index contributed by atoms with van der Waals surface area (Å²) in [4.78, 5) is 26.0. The van der Waals surface area contributed by atoms with Crippen LogP contribution in [0.1, 0.15) is 50.7 Å². The third-order valence-corrected chi connectivity index (χ3v) is 4.96. The number of amides is 1. The Morgan fingerprint density at radius 1 is 1.19 bits per heavy atom. The lowest BCUT2D eigenvalue weighted by Crippen LogP contribution is -2.43. The van der Waals surface area contributed by atoms with Crippen LogP contribution in [-0.2, 0) is 20.7 Å². The number of piperidine rings is 1. The van der Waals surface area contributed by atoms with Crippen molar-refractivity contribution in [1.29, 1.82) is 0 Å². The first-order chi connectivity index (χ1) is 12.5. The Balaban J connectivity index is 1.64. The maximum Gasteiger partial charge on any atom is 0.309 e. The Morgan fingerprint density at radius 2 is 1.85 bits per heavy atom. The highest BCUT2D eigenvalue weighted by molar-refractivity contribution is 5.78. The highest BCUT2D eigenvalue weighted by Crippen LogP contribution is 2.18. The first kappa shape index (κ1) is 20.4. The average molecular weight is 360 g/mol. The normalized spacial score (nSPS) is 15.8. The summed E-state index contributed by atoms with van der Waals surface area (Å²) in [6.45, 7) is 9.23.